The fourth-order valence-corrected chi connectivity index (χ4v) is 3.20. The van der Waals surface area contributed by atoms with Crippen molar-refractivity contribution in [2.24, 2.45) is 0 Å². The van der Waals surface area contributed by atoms with Crippen LogP contribution in [0.15, 0.2) is 17.5 Å². The molecule has 0 radical (unpaired) electrons. The van der Waals surface area contributed by atoms with Crippen LogP contribution in [0.25, 0.3) is 0 Å². The van der Waals surface area contributed by atoms with Gasteiger partial charge in [-0.05, 0) is 20.8 Å². The van der Waals surface area contributed by atoms with Crippen LogP contribution in [0.5, 0.6) is 17.2 Å². The van der Waals surface area contributed by atoms with Gasteiger partial charge in [-0.3, -0.25) is 14.9 Å². The Kier molecular flexibility index (Phi) is 12.4. The maximum Gasteiger partial charge on any atom is 0.270 e. The molecule has 9 nitrogen and oxygen atoms in total. The first-order valence-corrected chi connectivity index (χ1v) is 10.2. The number of carbonyl (C=O) groups is 2. The van der Waals surface area contributed by atoms with Gasteiger partial charge in [0.05, 0.1) is 26.9 Å². The van der Waals surface area contributed by atoms with Gasteiger partial charge in [-0.25, -0.2) is 4.98 Å². The summed E-state index contributed by atoms with van der Waals surface area (Å²) in [5, 5.41) is 10.7. The lowest BCUT2D eigenvalue weighted by atomic mass is 10.1. The van der Waals surface area contributed by atoms with Gasteiger partial charge < -0.3 is 24.8 Å². The molecule has 0 fully saturated rings. The summed E-state index contributed by atoms with van der Waals surface area (Å²) in [5.41, 5.74) is 0.475. The second kappa shape index (κ2) is 13.3. The van der Waals surface area contributed by atoms with Crippen molar-refractivity contribution < 1.29 is 23.8 Å². The van der Waals surface area contributed by atoms with Gasteiger partial charge in [0.25, 0.3) is 11.8 Å². The van der Waals surface area contributed by atoms with Crippen LogP contribution < -0.4 is 30.2 Å². The van der Waals surface area contributed by atoms with Gasteiger partial charge in [0.1, 0.15) is 11.4 Å². The predicted molar refractivity (Wildman–Crippen MR) is 131 cm³/mol. The molecule has 2 amide bonds. The average Bonchev–Trinajstić information content (AvgIpc) is 3.17. The number of hydrogen-bond donors (Lipinski definition) is 3. The molecule has 0 aliphatic rings. The van der Waals surface area contributed by atoms with Crippen molar-refractivity contribution in [3.05, 3.63) is 28.8 Å². The highest BCUT2D eigenvalue weighted by Crippen LogP contribution is 2.35. The number of aromatic nitrogens is 1. The Morgan fingerprint density at radius 2 is 1.53 bits per heavy atom. The van der Waals surface area contributed by atoms with Gasteiger partial charge in [-0.2, -0.15) is 0 Å². The highest BCUT2D eigenvalue weighted by molar-refractivity contribution is 7.14. The van der Waals surface area contributed by atoms with Crippen molar-refractivity contribution in [2.75, 3.05) is 39.7 Å². The molecule has 1 heterocycles. The summed E-state index contributed by atoms with van der Waals surface area (Å²) in [6, 6.07) is 3.09. The predicted octanol–water partition coefficient (Wildman–Crippen LogP) is 3.38. The minimum atomic E-state index is -0.441. The van der Waals surface area contributed by atoms with Gasteiger partial charge in [-0.15, -0.1) is 36.2 Å². The third-order valence-electron chi connectivity index (χ3n) is 3.97. The molecule has 180 valence electrons. The smallest absolute Gasteiger partial charge is 0.270 e. The molecule has 0 saturated heterocycles. The first-order valence-electron chi connectivity index (χ1n) is 9.28. The van der Waals surface area contributed by atoms with E-state index in [1.54, 1.807) is 11.4 Å². The van der Waals surface area contributed by atoms with Crippen molar-refractivity contribution >= 4 is 53.1 Å². The maximum atomic E-state index is 12.7. The van der Waals surface area contributed by atoms with Crippen LogP contribution in [-0.2, 0) is 0 Å². The molecule has 12 heteroatoms. The molecular weight excluding hydrogens is 479 g/mol. The van der Waals surface area contributed by atoms with Crippen molar-refractivity contribution in [1.82, 2.24) is 15.6 Å². The number of hydrogen-bond acceptors (Lipinski definition) is 8. The second-order valence-corrected chi connectivity index (χ2v) is 8.19. The van der Waals surface area contributed by atoms with Crippen LogP contribution in [-0.4, -0.2) is 56.8 Å². The molecule has 3 N–H and O–H groups in total. The Morgan fingerprint density at radius 3 is 2.09 bits per heavy atom. The summed E-state index contributed by atoms with van der Waals surface area (Å²) >= 11 is 1.16. The van der Waals surface area contributed by atoms with E-state index in [0.717, 1.165) is 11.3 Å². The van der Waals surface area contributed by atoms with Crippen molar-refractivity contribution in [3.8, 4) is 17.2 Å². The fourth-order valence-electron chi connectivity index (χ4n) is 2.51. The zero-order valence-electron chi connectivity index (χ0n) is 18.9. The largest absolute Gasteiger partial charge is 0.496 e. The molecule has 2 aromatic rings. The molecule has 2 rings (SSSR count). The summed E-state index contributed by atoms with van der Waals surface area (Å²) < 4.78 is 15.8. The van der Waals surface area contributed by atoms with Gasteiger partial charge >= 0.3 is 0 Å². The van der Waals surface area contributed by atoms with E-state index in [4.69, 9.17) is 14.2 Å². The van der Waals surface area contributed by atoms with Gasteiger partial charge in [0, 0.05) is 36.1 Å². The lowest BCUT2D eigenvalue weighted by Gasteiger charge is -2.20. The number of thiazole rings is 1. The third kappa shape index (κ3) is 8.34. The molecular formula is C20H30Cl2N4O5S. The molecule has 1 aromatic carbocycles. The van der Waals surface area contributed by atoms with Crippen LogP contribution in [0.4, 0.5) is 5.13 Å². The molecule has 0 saturated carbocycles. The van der Waals surface area contributed by atoms with E-state index in [1.165, 1.54) is 27.4 Å². The van der Waals surface area contributed by atoms with Gasteiger partial charge in [0.15, 0.2) is 16.6 Å². The molecule has 0 atom stereocenters. The molecule has 0 spiro atoms. The van der Waals surface area contributed by atoms with E-state index in [9.17, 15) is 9.59 Å². The van der Waals surface area contributed by atoms with E-state index >= 15 is 0 Å². The van der Waals surface area contributed by atoms with Crippen molar-refractivity contribution in [1.29, 1.82) is 0 Å². The molecule has 32 heavy (non-hydrogen) atoms. The number of benzene rings is 1. The van der Waals surface area contributed by atoms with Gasteiger partial charge in [0.2, 0.25) is 0 Å². The molecule has 0 unspecified atom stereocenters. The normalized spacial score (nSPS) is 10.3. The molecule has 1 aromatic heterocycles. The number of anilines is 1. The van der Waals surface area contributed by atoms with Crippen LogP contribution in [0.1, 0.15) is 41.6 Å². The number of amides is 2. The van der Waals surface area contributed by atoms with E-state index in [1.807, 2.05) is 0 Å². The number of carbonyl (C=O) groups excluding carboxylic acids is 2. The number of methoxy groups -OCH3 is 3. The quantitative estimate of drug-likeness (QED) is 0.445. The minimum absolute atomic E-state index is 0. The van der Waals surface area contributed by atoms with Crippen LogP contribution in [0.2, 0.25) is 0 Å². The summed E-state index contributed by atoms with van der Waals surface area (Å²) in [6.45, 7) is 7.27. The van der Waals surface area contributed by atoms with Crippen molar-refractivity contribution in [3.63, 3.8) is 0 Å². The first-order chi connectivity index (χ1) is 14.2. The Balaban J connectivity index is 0.00000480. The maximum absolute atomic E-state index is 12.7. The zero-order chi connectivity index (χ0) is 22.3. The zero-order valence-corrected chi connectivity index (χ0v) is 21.3. The van der Waals surface area contributed by atoms with E-state index < -0.39 is 5.91 Å². The number of rotatable bonds is 9. The highest BCUT2D eigenvalue weighted by Gasteiger charge is 2.19. The van der Waals surface area contributed by atoms with Crippen LogP contribution in [0, 0.1) is 0 Å². The number of nitrogens with zero attached hydrogens (tertiary/aromatic N) is 1. The average molecular weight is 509 g/mol. The Morgan fingerprint density at radius 1 is 0.938 bits per heavy atom. The summed E-state index contributed by atoms with van der Waals surface area (Å²) in [6.07, 6.45) is 0. The highest BCUT2D eigenvalue weighted by atomic mass is 35.5. The molecule has 0 aliphatic carbocycles. The topological polar surface area (TPSA) is 111 Å². The SMILES string of the molecule is COc1cc(OC)c(C(=O)Nc2nc(C(=O)NCCNC(C)(C)C)cs2)cc1OC.Cl.Cl. The van der Waals surface area contributed by atoms with Crippen molar-refractivity contribution in [2.45, 2.75) is 26.3 Å². The molecule has 0 bridgehead atoms. The third-order valence-corrected chi connectivity index (χ3v) is 4.73. The standard InChI is InChI=1S/C20H28N4O5S.2ClH/c1-20(2,3)22-8-7-21-18(26)13-11-30-19(23-13)24-17(25)12-9-15(28-5)16(29-6)10-14(12)27-4;;/h9-11,22H,7-8H2,1-6H3,(H,21,26)(H,23,24,25);2*1H. The number of ether oxygens (including phenoxy) is 3. The Labute approximate surface area is 204 Å². The summed E-state index contributed by atoms with van der Waals surface area (Å²) in [4.78, 5) is 29.1. The summed E-state index contributed by atoms with van der Waals surface area (Å²) in [7, 11) is 4.44. The van der Waals surface area contributed by atoms with Gasteiger partial charge in [-0.1, -0.05) is 0 Å². The Bertz CT molecular complexity index is 903. The lowest BCUT2D eigenvalue weighted by Crippen LogP contribution is -2.41. The number of halogens is 2. The molecule has 0 aliphatic heterocycles. The van der Waals surface area contributed by atoms with E-state index in [0.29, 0.717) is 35.5 Å². The lowest BCUT2D eigenvalue weighted by molar-refractivity contribution is 0.0947. The van der Waals surface area contributed by atoms with Crippen LogP contribution in [0.3, 0.4) is 0 Å². The second-order valence-electron chi connectivity index (χ2n) is 7.33. The Hall–Kier alpha value is -2.27. The fraction of sp³-hybridized carbons (Fsp3) is 0.450. The monoisotopic (exact) mass is 508 g/mol. The summed E-state index contributed by atoms with van der Waals surface area (Å²) in [5.74, 6) is 0.423. The van der Waals surface area contributed by atoms with E-state index in [2.05, 4.69) is 41.7 Å². The van der Waals surface area contributed by atoms with E-state index in [-0.39, 0.29) is 47.5 Å². The first kappa shape index (κ1) is 29.7. The number of nitrogens with one attached hydrogen (secondary N) is 3. The van der Waals surface area contributed by atoms with Crippen LogP contribution >= 0.6 is 36.2 Å². The minimum Gasteiger partial charge on any atom is -0.496 e.